The number of phenolic OH excluding ortho intramolecular Hbond substituents is 1. The fraction of sp³-hybridized carbons (Fsp3) is 0.385. The zero-order valence-corrected chi connectivity index (χ0v) is 9.96. The van der Waals surface area contributed by atoms with Crippen LogP contribution in [0, 0.1) is 0 Å². The summed E-state index contributed by atoms with van der Waals surface area (Å²) >= 11 is 1.80. The molecule has 0 unspecified atom stereocenters. The molecule has 1 aliphatic heterocycles. The van der Waals surface area contributed by atoms with Crippen LogP contribution in [-0.2, 0) is 6.54 Å². The van der Waals surface area contributed by atoms with E-state index < -0.39 is 0 Å². The lowest BCUT2D eigenvalue weighted by atomic mass is 10.2. The molecule has 0 saturated carbocycles. The summed E-state index contributed by atoms with van der Waals surface area (Å²) in [4.78, 5) is 3.91. The monoisotopic (exact) mass is 233 g/mol. The number of benzene rings is 1. The molecule has 0 aliphatic carbocycles. The summed E-state index contributed by atoms with van der Waals surface area (Å²) in [5.74, 6) is 0.363. The van der Waals surface area contributed by atoms with Crippen LogP contribution in [0.3, 0.4) is 0 Å². The first kappa shape index (κ1) is 10.1. The maximum Gasteiger partial charge on any atom is 0.117 e. The van der Waals surface area contributed by atoms with Gasteiger partial charge in [0.1, 0.15) is 5.75 Å². The molecule has 1 N–H and O–H groups in total. The molecule has 1 saturated heterocycles. The van der Waals surface area contributed by atoms with Crippen molar-refractivity contribution in [2.75, 3.05) is 13.1 Å². The number of rotatable bonds is 2. The van der Waals surface area contributed by atoms with E-state index >= 15 is 0 Å². The van der Waals surface area contributed by atoms with Gasteiger partial charge in [-0.3, -0.25) is 4.90 Å². The van der Waals surface area contributed by atoms with Gasteiger partial charge in [-0.05, 0) is 55.6 Å². The Hall–Kier alpha value is -1.06. The molecule has 0 radical (unpaired) electrons. The Kier molecular flexibility index (Phi) is 2.58. The Bertz CT molecular complexity index is 500. The third kappa shape index (κ3) is 1.93. The predicted octanol–water partition coefficient (Wildman–Crippen LogP) is 3.20. The quantitative estimate of drug-likeness (QED) is 0.861. The van der Waals surface area contributed by atoms with Crippen molar-refractivity contribution in [1.29, 1.82) is 0 Å². The van der Waals surface area contributed by atoms with Crippen LogP contribution in [0.1, 0.15) is 17.7 Å². The van der Waals surface area contributed by atoms with Crippen LogP contribution in [0.15, 0.2) is 24.3 Å². The van der Waals surface area contributed by atoms with Gasteiger partial charge >= 0.3 is 0 Å². The standard InChI is InChI=1S/C13H15NOS/c15-11-4-3-10-7-12(16-13(10)8-11)9-14-5-1-2-6-14/h3-4,7-8,15H,1-2,5-6,9H2. The van der Waals surface area contributed by atoms with Crippen molar-refractivity contribution in [2.45, 2.75) is 19.4 Å². The van der Waals surface area contributed by atoms with E-state index in [1.54, 1.807) is 17.4 Å². The number of fused-ring (bicyclic) bond motifs is 1. The first-order chi connectivity index (χ1) is 7.81. The summed E-state index contributed by atoms with van der Waals surface area (Å²) in [6.07, 6.45) is 2.68. The van der Waals surface area contributed by atoms with E-state index in [4.69, 9.17) is 0 Å². The van der Waals surface area contributed by atoms with Gasteiger partial charge in [0.15, 0.2) is 0 Å². The Morgan fingerprint density at radius 3 is 2.81 bits per heavy atom. The highest BCUT2D eigenvalue weighted by molar-refractivity contribution is 7.19. The average Bonchev–Trinajstić information content (AvgIpc) is 2.86. The largest absolute Gasteiger partial charge is 0.508 e. The van der Waals surface area contributed by atoms with Crippen LogP contribution in [0.5, 0.6) is 5.75 Å². The van der Waals surface area contributed by atoms with Crippen LogP contribution in [0.4, 0.5) is 0 Å². The molecule has 2 nitrogen and oxygen atoms in total. The van der Waals surface area contributed by atoms with Gasteiger partial charge in [-0.25, -0.2) is 0 Å². The third-order valence-electron chi connectivity index (χ3n) is 3.13. The number of hydrogen-bond donors (Lipinski definition) is 1. The summed E-state index contributed by atoms with van der Waals surface area (Å²) in [7, 11) is 0. The van der Waals surface area contributed by atoms with Crippen molar-refractivity contribution in [3.63, 3.8) is 0 Å². The number of phenols is 1. The first-order valence-corrected chi connectivity index (χ1v) is 6.57. The van der Waals surface area contributed by atoms with E-state index in [0.29, 0.717) is 5.75 Å². The molecule has 16 heavy (non-hydrogen) atoms. The van der Waals surface area contributed by atoms with E-state index in [0.717, 1.165) is 6.54 Å². The lowest BCUT2D eigenvalue weighted by molar-refractivity contribution is 0.334. The predicted molar refractivity (Wildman–Crippen MR) is 68.0 cm³/mol. The Labute approximate surface area is 99.1 Å². The number of nitrogens with zero attached hydrogens (tertiary/aromatic N) is 1. The second-order valence-electron chi connectivity index (χ2n) is 4.42. The van der Waals surface area contributed by atoms with Gasteiger partial charge in [-0.2, -0.15) is 0 Å². The molecule has 1 aromatic carbocycles. The molecule has 2 aromatic rings. The van der Waals surface area contributed by atoms with Crippen molar-refractivity contribution in [2.24, 2.45) is 0 Å². The van der Waals surface area contributed by atoms with Gasteiger partial charge in [0.2, 0.25) is 0 Å². The summed E-state index contributed by atoms with van der Waals surface area (Å²) in [5.41, 5.74) is 0. The summed E-state index contributed by atoms with van der Waals surface area (Å²) < 4.78 is 1.19. The summed E-state index contributed by atoms with van der Waals surface area (Å²) in [6, 6.07) is 7.86. The van der Waals surface area contributed by atoms with Gasteiger partial charge in [-0.15, -0.1) is 11.3 Å². The molecule has 1 aliphatic rings. The first-order valence-electron chi connectivity index (χ1n) is 5.75. The SMILES string of the molecule is Oc1ccc2cc(CN3CCCC3)sc2c1. The van der Waals surface area contributed by atoms with Crippen molar-refractivity contribution < 1.29 is 5.11 Å². The minimum absolute atomic E-state index is 0.363. The average molecular weight is 233 g/mol. The van der Waals surface area contributed by atoms with Crippen LogP contribution in [-0.4, -0.2) is 23.1 Å². The Morgan fingerprint density at radius 1 is 1.19 bits per heavy atom. The Morgan fingerprint density at radius 2 is 2.00 bits per heavy atom. The van der Waals surface area contributed by atoms with Crippen LogP contribution < -0.4 is 0 Å². The van der Waals surface area contributed by atoms with Gasteiger partial charge in [-0.1, -0.05) is 0 Å². The topological polar surface area (TPSA) is 23.5 Å². The Balaban J connectivity index is 1.86. The number of aromatic hydroxyl groups is 1. The second-order valence-corrected chi connectivity index (χ2v) is 5.59. The van der Waals surface area contributed by atoms with E-state index in [1.807, 2.05) is 12.1 Å². The van der Waals surface area contributed by atoms with Crippen molar-refractivity contribution in [3.05, 3.63) is 29.1 Å². The number of thiophene rings is 1. The molecular weight excluding hydrogens is 218 g/mol. The highest BCUT2D eigenvalue weighted by atomic mass is 32.1. The van der Waals surface area contributed by atoms with Gasteiger partial charge in [0.25, 0.3) is 0 Å². The minimum Gasteiger partial charge on any atom is -0.508 e. The van der Waals surface area contributed by atoms with Gasteiger partial charge in [0.05, 0.1) is 0 Å². The highest BCUT2D eigenvalue weighted by Crippen LogP contribution is 2.29. The van der Waals surface area contributed by atoms with Crippen LogP contribution in [0.25, 0.3) is 10.1 Å². The van der Waals surface area contributed by atoms with Gasteiger partial charge in [0, 0.05) is 16.1 Å². The molecule has 0 bridgehead atoms. The summed E-state index contributed by atoms with van der Waals surface area (Å²) in [5, 5.41) is 10.7. The van der Waals surface area contributed by atoms with E-state index in [1.165, 1.54) is 40.9 Å². The zero-order chi connectivity index (χ0) is 11.0. The molecule has 0 atom stereocenters. The zero-order valence-electron chi connectivity index (χ0n) is 9.15. The molecule has 2 heterocycles. The molecule has 3 rings (SSSR count). The van der Waals surface area contributed by atoms with Crippen LogP contribution in [0.2, 0.25) is 0 Å². The molecule has 1 fully saturated rings. The molecule has 0 amide bonds. The molecule has 84 valence electrons. The van der Waals surface area contributed by atoms with Crippen molar-refractivity contribution in [3.8, 4) is 5.75 Å². The second kappa shape index (κ2) is 4.07. The van der Waals surface area contributed by atoms with E-state index in [-0.39, 0.29) is 0 Å². The molecule has 1 aromatic heterocycles. The van der Waals surface area contributed by atoms with E-state index in [9.17, 15) is 5.11 Å². The number of hydrogen-bond acceptors (Lipinski definition) is 3. The fourth-order valence-electron chi connectivity index (χ4n) is 2.31. The molecule has 3 heteroatoms. The lowest BCUT2D eigenvalue weighted by Gasteiger charge is -2.12. The van der Waals surface area contributed by atoms with Crippen molar-refractivity contribution >= 4 is 21.4 Å². The van der Waals surface area contributed by atoms with E-state index in [2.05, 4.69) is 11.0 Å². The number of likely N-dealkylation sites (tertiary alicyclic amines) is 1. The fourth-order valence-corrected chi connectivity index (χ4v) is 3.45. The van der Waals surface area contributed by atoms with Gasteiger partial charge < -0.3 is 5.11 Å². The minimum atomic E-state index is 0.363. The maximum absolute atomic E-state index is 9.42. The molecule has 0 spiro atoms. The van der Waals surface area contributed by atoms with Crippen LogP contribution >= 0.6 is 11.3 Å². The van der Waals surface area contributed by atoms with Crippen molar-refractivity contribution in [1.82, 2.24) is 4.90 Å². The highest BCUT2D eigenvalue weighted by Gasteiger charge is 2.13. The lowest BCUT2D eigenvalue weighted by Crippen LogP contribution is -2.17. The smallest absolute Gasteiger partial charge is 0.117 e. The summed E-state index contributed by atoms with van der Waals surface area (Å²) in [6.45, 7) is 3.54. The third-order valence-corrected chi connectivity index (χ3v) is 4.22. The molecular formula is C13H15NOS. The maximum atomic E-state index is 9.42. The normalized spacial score (nSPS) is 17.2.